The molecule has 0 bridgehead atoms. The molecule has 0 saturated carbocycles. The molecule has 3 heteroatoms. The van der Waals surface area contributed by atoms with Gasteiger partial charge in [-0.1, -0.05) is 52.9 Å². The van der Waals surface area contributed by atoms with Crippen molar-refractivity contribution in [3.63, 3.8) is 0 Å². The molecule has 0 saturated heterocycles. The van der Waals surface area contributed by atoms with Gasteiger partial charge in [0, 0.05) is 0 Å². The zero-order chi connectivity index (χ0) is 15.1. The maximum atomic E-state index is 3.84. The first-order valence-corrected chi connectivity index (χ1v) is 10.3. The Bertz CT molecular complexity index is 186. The molecular weight excluding hydrogens is 390 g/mol. The highest BCUT2D eigenvalue weighted by Gasteiger charge is 2.24. The first-order valence-electron chi connectivity index (χ1n) is 9.15. The van der Waals surface area contributed by atoms with E-state index in [1.807, 2.05) is 0 Å². The second-order valence-corrected chi connectivity index (χ2v) is 6.96. The fraction of sp³-hybridized carbons (Fsp3) is 1.00. The fourth-order valence-corrected chi connectivity index (χ4v) is 3.71. The summed E-state index contributed by atoms with van der Waals surface area (Å²) in [6.45, 7) is 11.1. The first-order chi connectivity index (χ1) is 9.74. The van der Waals surface area contributed by atoms with Gasteiger partial charge >= 0.3 is 0 Å². The number of unbranched alkanes of at least 4 members (excludes halogenated alkanes) is 8. The molecule has 130 valence electrons. The standard InChI is InChI=1S/C18H39BrN.BrH/c1-4-7-10-13-16-20(18-19,15-12-9-6-3)17-14-11-8-5-2;/h4-18H2,1-3H3;1H/q+1;/p-1. The predicted molar refractivity (Wildman–Crippen MR) is 96.5 cm³/mol. The molecule has 0 aromatic carbocycles. The van der Waals surface area contributed by atoms with Gasteiger partial charge in [0.25, 0.3) is 0 Å². The van der Waals surface area contributed by atoms with E-state index in [1.54, 1.807) is 0 Å². The Morgan fingerprint density at radius 2 is 0.905 bits per heavy atom. The van der Waals surface area contributed by atoms with Crippen molar-refractivity contribution in [1.29, 1.82) is 0 Å². The lowest BCUT2D eigenvalue weighted by molar-refractivity contribution is -0.916. The van der Waals surface area contributed by atoms with Crippen molar-refractivity contribution in [3.05, 3.63) is 0 Å². The average molecular weight is 429 g/mol. The Morgan fingerprint density at radius 1 is 0.571 bits per heavy atom. The van der Waals surface area contributed by atoms with Crippen molar-refractivity contribution < 1.29 is 21.5 Å². The molecule has 21 heavy (non-hydrogen) atoms. The average Bonchev–Trinajstić information content (AvgIpc) is 2.47. The molecule has 0 radical (unpaired) electrons. The van der Waals surface area contributed by atoms with E-state index in [1.165, 1.54) is 94.7 Å². The minimum atomic E-state index is 0. The normalized spacial score (nSPS) is 11.4. The largest absolute Gasteiger partial charge is 1.00 e. The van der Waals surface area contributed by atoms with Crippen LogP contribution in [0.2, 0.25) is 0 Å². The van der Waals surface area contributed by atoms with E-state index in [-0.39, 0.29) is 17.0 Å². The molecule has 0 amide bonds. The zero-order valence-corrected chi connectivity index (χ0v) is 18.0. The van der Waals surface area contributed by atoms with Crippen LogP contribution in [0, 0.1) is 0 Å². The Labute approximate surface area is 153 Å². The van der Waals surface area contributed by atoms with Gasteiger partial charge in [0.15, 0.2) is 0 Å². The molecule has 0 aromatic rings. The lowest BCUT2D eigenvalue weighted by Gasteiger charge is -2.37. The SMILES string of the molecule is CCCCCC[N+](CBr)(CCCCC)CCCCCC.[Br-]. The van der Waals surface area contributed by atoms with E-state index in [0.29, 0.717) is 0 Å². The number of hydrogen-bond donors (Lipinski definition) is 0. The van der Waals surface area contributed by atoms with Gasteiger partial charge in [0.2, 0.25) is 0 Å². The molecule has 0 aromatic heterocycles. The Balaban J connectivity index is 0. The summed E-state index contributed by atoms with van der Waals surface area (Å²) in [5.41, 5.74) is 1.16. The summed E-state index contributed by atoms with van der Waals surface area (Å²) in [7, 11) is 0. The Hall–Kier alpha value is 0.920. The number of halogens is 2. The van der Waals surface area contributed by atoms with Gasteiger partial charge in [0.05, 0.1) is 19.6 Å². The van der Waals surface area contributed by atoms with Crippen molar-refractivity contribution >= 4 is 15.9 Å². The van der Waals surface area contributed by atoms with Crippen LogP contribution in [0.5, 0.6) is 0 Å². The van der Waals surface area contributed by atoms with Gasteiger partial charge in [0.1, 0.15) is 5.45 Å². The topological polar surface area (TPSA) is 0 Å². The molecule has 0 rings (SSSR count). The van der Waals surface area contributed by atoms with Gasteiger partial charge < -0.3 is 21.5 Å². The molecule has 0 aliphatic carbocycles. The third-order valence-electron chi connectivity index (χ3n) is 4.46. The third kappa shape index (κ3) is 13.1. The van der Waals surface area contributed by atoms with Gasteiger partial charge in [-0.3, -0.25) is 0 Å². The summed E-state index contributed by atoms with van der Waals surface area (Å²) in [5.74, 6) is 0. The Morgan fingerprint density at radius 3 is 1.24 bits per heavy atom. The van der Waals surface area contributed by atoms with Crippen LogP contribution in [-0.4, -0.2) is 29.6 Å². The third-order valence-corrected chi connectivity index (χ3v) is 5.53. The molecule has 0 aliphatic heterocycles. The number of nitrogens with zero attached hydrogens (tertiary/aromatic N) is 1. The van der Waals surface area contributed by atoms with Crippen LogP contribution in [0.25, 0.3) is 0 Å². The summed E-state index contributed by atoms with van der Waals surface area (Å²) in [6.07, 6.45) is 15.3. The van der Waals surface area contributed by atoms with Gasteiger partial charge in [-0.15, -0.1) is 0 Å². The minimum absolute atomic E-state index is 0. The highest BCUT2D eigenvalue weighted by molar-refractivity contribution is 9.09. The van der Waals surface area contributed by atoms with Crippen LogP contribution in [-0.2, 0) is 0 Å². The predicted octanol–water partition coefficient (Wildman–Crippen LogP) is 3.51. The first kappa shape index (κ1) is 24.2. The zero-order valence-electron chi connectivity index (χ0n) is 14.8. The van der Waals surface area contributed by atoms with Crippen LogP contribution in [0.3, 0.4) is 0 Å². The van der Waals surface area contributed by atoms with E-state index < -0.39 is 0 Å². The number of alkyl halides is 1. The van der Waals surface area contributed by atoms with E-state index in [9.17, 15) is 0 Å². The Kier molecular flexibility index (Phi) is 19.9. The molecule has 1 nitrogen and oxygen atoms in total. The van der Waals surface area contributed by atoms with E-state index in [4.69, 9.17) is 0 Å². The number of hydrogen-bond acceptors (Lipinski definition) is 0. The number of quaternary nitrogens is 1. The molecule has 0 N–H and O–H groups in total. The lowest BCUT2D eigenvalue weighted by Crippen LogP contribution is -3.00. The van der Waals surface area contributed by atoms with Crippen LogP contribution in [0.4, 0.5) is 0 Å². The molecule has 0 aliphatic rings. The molecule has 0 unspecified atom stereocenters. The van der Waals surface area contributed by atoms with Crippen molar-refractivity contribution in [2.75, 3.05) is 25.1 Å². The summed E-state index contributed by atoms with van der Waals surface area (Å²) in [5, 5.41) is 0. The highest BCUT2D eigenvalue weighted by Crippen LogP contribution is 2.18. The second kappa shape index (κ2) is 17.3. The van der Waals surface area contributed by atoms with E-state index in [0.717, 1.165) is 5.45 Å². The maximum Gasteiger partial charge on any atom is 0.134 e. The van der Waals surface area contributed by atoms with E-state index >= 15 is 0 Å². The van der Waals surface area contributed by atoms with E-state index in [2.05, 4.69) is 36.7 Å². The van der Waals surface area contributed by atoms with Gasteiger partial charge in [-0.05, 0) is 54.5 Å². The van der Waals surface area contributed by atoms with Gasteiger partial charge in [-0.25, -0.2) is 0 Å². The summed E-state index contributed by atoms with van der Waals surface area (Å²) < 4.78 is 1.33. The van der Waals surface area contributed by atoms with Gasteiger partial charge in [-0.2, -0.15) is 0 Å². The van der Waals surface area contributed by atoms with Crippen molar-refractivity contribution in [2.45, 2.75) is 91.4 Å². The number of rotatable bonds is 15. The van der Waals surface area contributed by atoms with Crippen molar-refractivity contribution in [2.24, 2.45) is 0 Å². The molecule has 0 heterocycles. The quantitative estimate of drug-likeness (QED) is 0.162. The molecule has 0 spiro atoms. The highest BCUT2D eigenvalue weighted by atomic mass is 79.9. The molecule has 0 fully saturated rings. The lowest BCUT2D eigenvalue weighted by atomic mass is 10.1. The summed E-state index contributed by atoms with van der Waals surface area (Å²) in [4.78, 5) is 0. The molecule has 0 atom stereocenters. The second-order valence-electron chi connectivity index (χ2n) is 6.46. The van der Waals surface area contributed by atoms with Crippen LogP contribution in [0.1, 0.15) is 91.4 Å². The molecular formula is C18H39Br2N. The smallest absolute Gasteiger partial charge is 0.134 e. The van der Waals surface area contributed by atoms with Crippen LogP contribution in [0.15, 0.2) is 0 Å². The monoisotopic (exact) mass is 427 g/mol. The van der Waals surface area contributed by atoms with Crippen molar-refractivity contribution in [1.82, 2.24) is 0 Å². The minimum Gasteiger partial charge on any atom is -1.00 e. The van der Waals surface area contributed by atoms with Crippen LogP contribution >= 0.6 is 15.9 Å². The summed E-state index contributed by atoms with van der Waals surface area (Å²) in [6, 6.07) is 0. The fourth-order valence-electron chi connectivity index (χ4n) is 2.96. The maximum absolute atomic E-state index is 3.84. The van der Waals surface area contributed by atoms with Crippen LogP contribution < -0.4 is 17.0 Å². The van der Waals surface area contributed by atoms with Crippen molar-refractivity contribution in [3.8, 4) is 0 Å². The summed E-state index contributed by atoms with van der Waals surface area (Å²) >= 11 is 3.84.